The van der Waals surface area contributed by atoms with Crippen molar-refractivity contribution in [2.45, 2.75) is 69.9 Å². The minimum Gasteiger partial charge on any atom is -0.485 e. The molecule has 2 amide bonds. The molecule has 2 fully saturated rings. The van der Waals surface area contributed by atoms with Gasteiger partial charge in [0.05, 0.1) is 10.6 Å². The van der Waals surface area contributed by atoms with Gasteiger partial charge in [-0.1, -0.05) is 11.6 Å². The molecule has 3 heterocycles. The Labute approximate surface area is 283 Å². The summed E-state index contributed by atoms with van der Waals surface area (Å²) in [7, 11) is -1.51. The minimum atomic E-state index is -4.37. The summed E-state index contributed by atoms with van der Waals surface area (Å²) in [5.41, 5.74) is 1.56. The van der Waals surface area contributed by atoms with E-state index in [2.05, 4.69) is 10.3 Å². The summed E-state index contributed by atoms with van der Waals surface area (Å²) in [6.07, 6.45) is -0.557. The fraction of sp³-hybridized carbons (Fsp3) is 0.485. The molecule has 1 spiro atoms. The average Bonchev–Trinajstić information content (AvgIpc) is 3.34. The van der Waals surface area contributed by atoms with Crippen molar-refractivity contribution in [1.82, 2.24) is 14.5 Å². The number of amidine groups is 1. The standard InChI is InChI=1S/C33H37ClF4N4O5S/c1-20-16-23(28(43)41-11-7-31(3,45)8-12-41)17-21(2)24(20)6-15-48(46)42-13-9-32(10-14-42)30(44)39-27(40-32)22-4-5-25(34)26(18-22)47-19-33(37,38)29(35)36/h4-6,15-18,29,45H,7-14,19H2,1-3H3,(H,39,40,44)/b15-6+. The number of aryl methyl sites for hydroxylation is 2. The van der Waals surface area contributed by atoms with Gasteiger partial charge < -0.3 is 20.1 Å². The molecule has 0 radical (unpaired) electrons. The van der Waals surface area contributed by atoms with Crippen LogP contribution in [0, 0.1) is 13.8 Å². The van der Waals surface area contributed by atoms with Crippen molar-refractivity contribution in [3.63, 3.8) is 0 Å². The highest BCUT2D eigenvalue weighted by atomic mass is 35.5. The lowest BCUT2D eigenvalue weighted by Gasteiger charge is -2.36. The summed E-state index contributed by atoms with van der Waals surface area (Å²) in [6.45, 7) is 5.56. The van der Waals surface area contributed by atoms with E-state index in [0.717, 1.165) is 16.7 Å². The number of nitrogens with one attached hydrogen (secondary N) is 1. The van der Waals surface area contributed by atoms with Crippen molar-refractivity contribution in [3.8, 4) is 5.75 Å². The van der Waals surface area contributed by atoms with E-state index in [-0.39, 0.29) is 41.3 Å². The van der Waals surface area contributed by atoms with Gasteiger partial charge in [-0.15, -0.1) is 0 Å². The van der Waals surface area contributed by atoms with Crippen molar-refractivity contribution in [3.05, 3.63) is 68.6 Å². The first-order valence-corrected chi connectivity index (χ1v) is 17.0. The number of benzene rings is 2. The van der Waals surface area contributed by atoms with Gasteiger partial charge in [0.1, 0.15) is 28.1 Å². The largest absolute Gasteiger partial charge is 0.485 e. The van der Waals surface area contributed by atoms with Gasteiger partial charge in [-0.05, 0) is 99.6 Å². The Morgan fingerprint density at radius 3 is 2.35 bits per heavy atom. The molecule has 3 aliphatic heterocycles. The number of rotatable bonds is 9. The lowest BCUT2D eigenvalue weighted by molar-refractivity contribution is -0.148. The topological polar surface area (TPSA) is 112 Å². The van der Waals surface area contributed by atoms with Crippen LogP contribution in [0.2, 0.25) is 5.02 Å². The van der Waals surface area contributed by atoms with Gasteiger partial charge in [0.25, 0.3) is 11.8 Å². The fourth-order valence-electron chi connectivity index (χ4n) is 5.97. The predicted octanol–water partition coefficient (Wildman–Crippen LogP) is 5.27. The van der Waals surface area contributed by atoms with E-state index in [1.54, 1.807) is 27.6 Å². The number of aliphatic imine (C=N–C) groups is 1. The zero-order valence-electron chi connectivity index (χ0n) is 26.7. The van der Waals surface area contributed by atoms with Gasteiger partial charge in [-0.2, -0.15) is 8.78 Å². The molecule has 9 nitrogen and oxygen atoms in total. The van der Waals surface area contributed by atoms with Gasteiger partial charge in [-0.3, -0.25) is 14.6 Å². The van der Waals surface area contributed by atoms with Crippen molar-refractivity contribution in [1.29, 1.82) is 0 Å². The van der Waals surface area contributed by atoms with Gasteiger partial charge >= 0.3 is 12.3 Å². The summed E-state index contributed by atoms with van der Waals surface area (Å²) in [4.78, 5) is 32.6. The Morgan fingerprint density at radius 2 is 1.75 bits per heavy atom. The van der Waals surface area contributed by atoms with Gasteiger partial charge in [0, 0.05) is 42.7 Å². The molecule has 1 atom stereocenters. The molecule has 15 heteroatoms. The second-order valence-corrected chi connectivity index (χ2v) is 14.5. The monoisotopic (exact) mass is 712 g/mol. The molecule has 260 valence electrons. The number of piperidine rings is 2. The number of nitrogens with zero attached hydrogens (tertiary/aromatic N) is 3. The van der Waals surface area contributed by atoms with Crippen LogP contribution < -0.4 is 10.1 Å². The molecule has 0 bridgehead atoms. The Hall–Kier alpha value is -3.33. The maximum absolute atomic E-state index is 13.4. The molecule has 3 aliphatic rings. The third-order valence-electron chi connectivity index (χ3n) is 9.05. The first-order chi connectivity index (χ1) is 22.5. The van der Waals surface area contributed by atoms with Crippen LogP contribution in [0.15, 0.2) is 40.7 Å². The van der Waals surface area contributed by atoms with Crippen molar-refractivity contribution >= 4 is 46.3 Å². The number of likely N-dealkylation sites (tertiary alicyclic amines) is 1. The van der Waals surface area contributed by atoms with Crippen LogP contribution in [0.5, 0.6) is 5.75 Å². The van der Waals surface area contributed by atoms with Gasteiger partial charge in [0.15, 0.2) is 6.61 Å². The third-order valence-corrected chi connectivity index (χ3v) is 10.6. The fourth-order valence-corrected chi connectivity index (χ4v) is 7.11. The first-order valence-electron chi connectivity index (χ1n) is 15.5. The van der Waals surface area contributed by atoms with Crippen LogP contribution in [-0.2, 0) is 15.8 Å². The molecule has 2 saturated heterocycles. The normalized spacial score (nSPS) is 20.3. The van der Waals surface area contributed by atoms with Crippen LogP contribution in [-0.4, -0.2) is 92.4 Å². The zero-order chi connectivity index (χ0) is 35.0. The number of alkyl halides is 4. The second-order valence-electron chi connectivity index (χ2n) is 12.8. The highest BCUT2D eigenvalue weighted by molar-refractivity contribution is 7.85. The van der Waals surface area contributed by atoms with Gasteiger partial charge in [-0.25, -0.2) is 17.3 Å². The van der Waals surface area contributed by atoms with E-state index in [4.69, 9.17) is 16.3 Å². The van der Waals surface area contributed by atoms with E-state index < -0.39 is 41.1 Å². The Bertz CT molecular complexity index is 1640. The van der Waals surface area contributed by atoms with Crippen LogP contribution >= 0.6 is 11.6 Å². The minimum absolute atomic E-state index is 0.0735. The number of ether oxygens (including phenoxy) is 1. The maximum atomic E-state index is 13.4. The van der Waals surface area contributed by atoms with Gasteiger partial charge in [0.2, 0.25) is 0 Å². The summed E-state index contributed by atoms with van der Waals surface area (Å²) >= 11 is 6.02. The summed E-state index contributed by atoms with van der Waals surface area (Å²) in [5.74, 6) is -4.91. The number of halogens is 5. The zero-order valence-corrected chi connectivity index (χ0v) is 28.3. The molecule has 1 unspecified atom stereocenters. The SMILES string of the molecule is Cc1cc(C(=O)N2CCC(C)(O)CC2)cc(C)c1/C=C/S(=O)N1CCC2(CC1)N=C(c1ccc(Cl)c(OCC(F)(F)C(F)F)c1)NC2=O. The predicted molar refractivity (Wildman–Crippen MR) is 175 cm³/mol. The number of carbonyl (C=O) groups is 2. The second kappa shape index (κ2) is 13.9. The molecule has 0 saturated carbocycles. The van der Waals surface area contributed by atoms with E-state index in [1.165, 1.54) is 18.2 Å². The lowest BCUT2D eigenvalue weighted by atomic mass is 9.89. The number of carbonyl (C=O) groups excluding carboxylic acids is 2. The maximum Gasteiger partial charge on any atom is 0.340 e. The number of aliphatic hydroxyl groups is 1. The molecule has 2 aromatic rings. The summed E-state index contributed by atoms with van der Waals surface area (Å²) < 4.78 is 71.7. The molecular formula is C33H37ClF4N4O5S. The number of amides is 2. The van der Waals surface area contributed by atoms with E-state index >= 15 is 0 Å². The Balaban J connectivity index is 1.21. The van der Waals surface area contributed by atoms with Crippen molar-refractivity contribution < 1.29 is 41.2 Å². The van der Waals surface area contributed by atoms with Crippen LogP contribution in [0.1, 0.15) is 65.2 Å². The molecule has 48 heavy (non-hydrogen) atoms. The van der Waals surface area contributed by atoms with E-state index in [0.29, 0.717) is 50.1 Å². The first kappa shape index (κ1) is 36.0. The molecule has 2 aromatic carbocycles. The van der Waals surface area contributed by atoms with Crippen molar-refractivity contribution in [2.24, 2.45) is 4.99 Å². The average molecular weight is 713 g/mol. The van der Waals surface area contributed by atoms with Crippen LogP contribution in [0.3, 0.4) is 0 Å². The smallest absolute Gasteiger partial charge is 0.340 e. The van der Waals surface area contributed by atoms with Crippen LogP contribution in [0.4, 0.5) is 17.6 Å². The number of hydrogen-bond donors (Lipinski definition) is 2. The van der Waals surface area contributed by atoms with E-state index in [1.807, 2.05) is 26.0 Å². The lowest BCUT2D eigenvalue weighted by Crippen LogP contribution is -2.49. The molecule has 2 N–H and O–H groups in total. The quantitative estimate of drug-likeness (QED) is 0.345. The van der Waals surface area contributed by atoms with E-state index in [9.17, 15) is 36.5 Å². The Morgan fingerprint density at radius 1 is 1.12 bits per heavy atom. The third kappa shape index (κ3) is 7.77. The molecule has 5 rings (SSSR count). The molecule has 0 aromatic heterocycles. The Kier molecular flexibility index (Phi) is 10.4. The highest BCUT2D eigenvalue weighted by Crippen LogP contribution is 2.34. The summed E-state index contributed by atoms with van der Waals surface area (Å²) in [6, 6.07) is 7.72. The summed E-state index contributed by atoms with van der Waals surface area (Å²) in [5, 5.41) is 14.4. The highest BCUT2D eigenvalue weighted by Gasteiger charge is 2.47. The molecular weight excluding hydrogens is 676 g/mol. The number of hydrogen-bond acceptors (Lipinski definition) is 6. The van der Waals surface area contributed by atoms with Crippen molar-refractivity contribution in [2.75, 3.05) is 32.8 Å². The molecule has 0 aliphatic carbocycles. The van der Waals surface area contributed by atoms with Crippen LogP contribution in [0.25, 0.3) is 6.08 Å².